The topological polar surface area (TPSA) is 60.9 Å². The zero-order valence-electron chi connectivity index (χ0n) is 15.1. The molecule has 0 bridgehead atoms. The van der Waals surface area contributed by atoms with Crippen molar-refractivity contribution in [3.8, 4) is 0 Å². The number of benzene rings is 1. The average molecular weight is 365 g/mol. The van der Waals surface area contributed by atoms with Crippen molar-refractivity contribution in [2.24, 2.45) is 0 Å². The van der Waals surface area contributed by atoms with Crippen LogP contribution in [0.5, 0.6) is 0 Å². The third kappa shape index (κ3) is 6.04. The van der Waals surface area contributed by atoms with Crippen LogP contribution in [0.4, 0.5) is 0 Å². The van der Waals surface area contributed by atoms with Crippen LogP contribution in [-0.4, -0.2) is 64.3 Å². The lowest BCUT2D eigenvalue weighted by Gasteiger charge is -2.38. The molecule has 1 aliphatic rings. The summed E-state index contributed by atoms with van der Waals surface area (Å²) < 4.78 is 0. The second-order valence-corrected chi connectivity index (χ2v) is 7.78. The van der Waals surface area contributed by atoms with Gasteiger partial charge < -0.3 is 10.0 Å². The molecule has 0 aliphatic carbocycles. The molecule has 0 saturated carbocycles. The highest BCUT2D eigenvalue weighted by molar-refractivity contribution is 7.99. The van der Waals surface area contributed by atoms with Crippen molar-refractivity contribution >= 4 is 23.6 Å². The van der Waals surface area contributed by atoms with Crippen molar-refractivity contribution in [2.75, 3.05) is 26.2 Å². The first kappa shape index (κ1) is 19.8. The number of aliphatic carboxylic acids is 1. The van der Waals surface area contributed by atoms with Crippen LogP contribution >= 0.6 is 11.8 Å². The number of carboxylic acid groups (broad SMARTS) is 1. The van der Waals surface area contributed by atoms with E-state index in [1.165, 1.54) is 5.56 Å². The second kappa shape index (κ2) is 9.82. The van der Waals surface area contributed by atoms with Crippen LogP contribution in [-0.2, 0) is 15.3 Å². The minimum atomic E-state index is -0.786. The van der Waals surface area contributed by atoms with Gasteiger partial charge in [-0.15, -0.1) is 11.8 Å². The molecule has 1 atom stereocenters. The van der Waals surface area contributed by atoms with Gasteiger partial charge in [-0.05, 0) is 31.9 Å². The van der Waals surface area contributed by atoms with E-state index in [0.717, 1.165) is 38.2 Å². The lowest BCUT2D eigenvalue weighted by molar-refractivity contribution is -0.140. The van der Waals surface area contributed by atoms with Gasteiger partial charge in [0, 0.05) is 24.9 Å². The Labute approximate surface area is 154 Å². The highest BCUT2D eigenvalue weighted by atomic mass is 32.2. The van der Waals surface area contributed by atoms with E-state index in [2.05, 4.69) is 12.1 Å². The zero-order valence-corrected chi connectivity index (χ0v) is 15.9. The number of likely N-dealkylation sites (tertiary alicyclic amines) is 1. The van der Waals surface area contributed by atoms with Crippen molar-refractivity contribution in [1.29, 1.82) is 0 Å². The molecule has 5 nitrogen and oxygen atoms in total. The van der Waals surface area contributed by atoms with Crippen LogP contribution in [0.15, 0.2) is 30.3 Å². The molecular weight excluding hydrogens is 336 g/mol. The van der Waals surface area contributed by atoms with Gasteiger partial charge in [0.2, 0.25) is 5.91 Å². The van der Waals surface area contributed by atoms with Crippen molar-refractivity contribution in [3.05, 3.63) is 35.9 Å². The van der Waals surface area contributed by atoms with E-state index >= 15 is 0 Å². The van der Waals surface area contributed by atoms with Gasteiger partial charge in [-0.1, -0.05) is 37.3 Å². The molecular formula is C19H28N2O3S. The standard InChI is InChI=1S/C19H28N2O3S/c1-3-20(13-18(22)23)17-9-11-21(12-10-17)19(24)15(2)25-14-16-7-5-4-6-8-16/h4-8,15,17H,3,9-14H2,1-2H3,(H,22,23). The van der Waals surface area contributed by atoms with Crippen LogP contribution in [0.25, 0.3) is 0 Å². The Morgan fingerprint density at radius 1 is 1.28 bits per heavy atom. The minimum Gasteiger partial charge on any atom is -0.480 e. The molecule has 1 aromatic rings. The summed E-state index contributed by atoms with van der Waals surface area (Å²) >= 11 is 1.67. The summed E-state index contributed by atoms with van der Waals surface area (Å²) in [5, 5.41) is 8.95. The molecule has 0 radical (unpaired) electrons. The molecule has 1 aromatic carbocycles. The maximum Gasteiger partial charge on any atom is 0.317 e. The van der Waals surface area contributed by atoms with Gasteiger partial charge in [-0.2, -0.15) is 0 Å². The fourth-order valence-electron chi connectivity index (χ4n) is 3.25. The van der Waals surface area contributed by atoms with E-state index in [-0.39, 0.29) is 23.7 Å². The first-order valence-electron chi connectivity index (χ1n) is 8.91. The van der Waals surface area contributed by atoms with Gasteiger partial charge in [0.25, 0.3) is 0 Å². The Hall–Kier alpha value is -1.53. The van der Waals surface area contributed by atoms with Crippen molar-refractivity contribution in [3.63, 3.8) is 0 Å². The molecule has 1 N–H and O–H groups in total. The number of thioether (sulfide) groups is 1. The molecule has 25 heavy (non-hydrogen) atoms. The molecule has 2 rings (SSSR count). The lowest BCUT2D eigenvalue weighted by Crippen LogP contribution is -2.49. The first-order chi connectivity index (χ1) is 12.0. The van der Waals surface area contributed by atoms with E-state index < -0.39 is 5.97 Å². The maximum atomic E-state index is 12.6. The van der Waals surface area contributed by atoms with Crippen LogP contribution in [0.1, 0.15) is 32.3 Å². The summed E-state index contributed by atoms with van der Waals surface area (Å²) in [4.78, 5) is 27.5. The molecule has 138 valence electrons. The molecule has 1 fully saturated rings. The number of hydrogen-bond acceptors (Lipinski definition) is 4. The molecule has 1 aliphatic heterocycles. The van der Waals surface area contributed by atoms with Gasteiger partial charge in [0.1, 0.15) is 0 Å². The van der Waals surface area contributed by atoms with Gasteiger partial charge in [0.15, 0.2) is 0 Å². The van der Waals surface area contributed by atoms with Crippen molar-refractivity contribution in [1.82, 2.24) is 9.80 Å². The smallest absolute Gasteiger partial charge is 0.317 e. The number of amides is 1. The van der Waals surface area contributed by atoms with E-state index in [0.29, 0.717) is 0 Å². The Balaban J connectivity index is 1.79. The molecule has 1 heterocycles. The second-order valence-electron chi connectivity index (χ2n) is 6.45. The lowest BCUT2D eigenvalue weighted by atomic mass is 10.0. The third-order valence-corrected chi connectivity index (χ3v) is 5.93. The van der Waals surface area contributed by atoms with E-state index in [1.54, 1.807) is 11.8 Å². The number of carbonyl (C=O) groups excluding carboxylic acids is 1. The number of nitrogens with zero attached hydrogens (tertiary/aromatic N) is 2. The first-order valence-corrected chi connectivity index (χ1v) is 9.96. The van der Waals surface area contributed by atoms with Gasteiger partial charge in [0.05, 0.1) is 11.8 Å². The zero-order chi connectivity index (χ0) is 18.2. The number of rotatable bonds is 8. The van der Waals surface area contributed by atoms with Crippen LogP contribution < -0.4 is 0 Å². The van der Waals surface area contributed by atoms with Gasteiger partial charge in [-0.3, -0.25) is 14.5 Å². The van der Waals surface area contributed by atoms with E-state index in [4.69, 9.17) is 5.11 Å². The number of piperidine rings is 1. The number of hydrogen-bond donors (Lipinski definition) is 1. The van der Waals surface area contributed by atoms with Crippen LogP contribution in [0.2, 0.25) is 0 Å². The van der Waals surface area contributed by atoms with Crippen LogP contribution in [0.3, 0.4) is 0 Å². The highest BCUT2D eigenvalue weighted by Crippen LogP contribution is 2.22. The van der Waals surface area contributed by atoms with Crippen LogP contribution in [0, 0.1) is 0 Å². The summed E-state index contributed by atoms with van der Waals surface area (Å²) in [6.07, 6.45) is 1.70. The van der Waals surface area contributed by atoms with Gasteiger partial charge in [-0.25, -0.2) is 0 Å². The molecule has 0 spiro atoms. The number of likely N-dealkylation sites (N-methyl/N-ethyl adjacent to an activating group) is 1. The Kier molecular flexibility index (Phi) is 7.78. The largest absolute Gasteiger partial charge is 0.480 e. The van der Waals surface area contributed by atoms with E-state index in [9.17, 15) is 9.59 Å². The Bertz CT molecular complexity index is 559. The monoisotopic (exact) mass is 364 g/mol. The van der Waals surface area contributed by atoms with Gasteiger partial charge >= 0.3 is 5.97 Å². The SMILES string of the molecule is CCN(CC(=O)O)C1CCN(C(=O)C(C)SCc2ccccc2)CC1. The fraction of sp³-hybridized carbons (Fsp3) is 0.579. The molecule has 1 amide bonds. The Morgan fingerprint density at radius 3 is 2.48 bits per heavy atom. The molecule has 1 unspecified atom stereocenters. The minimum absolute atomic E-state index is 0.0574. The predicted molar refractivity (Wildman–Crippen MR) is 102 cm³/mol. The van der Waals surface area contributed by atoms with Crippen molar-refractivity contribution < 1.29 is 14.7 Å². The van der Waals surface area contributed by atoms with Crippen molar-refractivity contribution in [2.45, 2.75) is 43.7 Å². The Morgan fingerprint density at radius 2 is 1.92 bits per heavy atom. The molecule has 6 heteroatoms. The summed E-state index contributed by atoms with van der Waals surface area (Å²) in [6.45, 7) is 6.21. The average Bonchev–Trinajstić information content (AvgIpc) is 2.64. The molecule has 0 aromatic heterocycles. The highest BCUT2D eigenvalue weighted by Gasteiger charge is 2.29. The number of carbonyl (C=O) groups is 2. The summed E-state index contributed by atoms with van der Waals surface area (Å²) in [5.74, 6) is 0.249. The summed E-state index contributed by atoms with van der Waals surface area (Å²) in [6, 6.07) is 10.5. The van der Waals surface area contributed by atoms with E-state index in [1.807, 2.05) is 41.8 Å². The normalized spacial score (nSPS) is 16.8. The fourth-order valence-corrected chi connectivity index (χ4v) is 4.17. The quantitative estimate of drug-likeness (QED) is 0.768. The maximum absolute atomic E-state index is 12.6. The summed E-state index contributed by atoms with van der Waals surface area (Å²) in [5.41, 5.74) is 1.23. The predicted octanol–water partition coefficient (Wildman–Crippen LogP) is 2.71. The third-order valence-electron chi connectivity index (χ3n) is 4.73. The molecule has 1 saturated heterocycles. The summed E-state index contributed by atoms with van der Waals surface area (Å²) in [7, 11) is 0. The number of carboxylic acids is 1.